The fraction of sp³-hybridized carbons (Fsp3) is 0.579. The van der Waals surface area contributed by atoms with Crippen molar-refractivity contribution in [3.63, 3.8) is 0 Å². The molecule has 2 heterocycles. The number of carbonyl (C=O) groups excluding carboxylic acids is 2. The number of hydrogen-bond acceptors (Lipinski definition) is 2. The molecule has 0 saturated carbocycles. The number of piperazine rings is 1. The maximum atomic E-state index is 13.2. The molecule has 0 aliphatic carbocycles. The average molecular weight is 383 g/mol. The number of nitrogens with zero attached hydrogens (tertiary/aromatic N) is 2. The molecule has 2 amide bonds. The van der Waals surface area contributed by atoms with Gasteiger partial charge in [0, 0.05) is 31.5 Å². The molecule has 142 valence electrons. The standard InChI is InChI=1S/C19H25ClFN3O2/c1-14(25)23-6-4-15(5-7-23)19(26)24-10-8-22(9-11-24)13-16-2-3-17(21)12-18(16)20/h2-3,12,15H,4-11,13H2,1H3/p+1. The molecule has 5 nitrogen and oxygen atoms in total. The normalized spacial score (nSPS) is 19.7. The van der Waals surface area contributed by atoms with Crippen LogP contribution in [0.2, 0.25) is 5.02 Å². The van der Waals surface area contributed by atoms with Gasteiger partial charge in [-0.05, 0) is 31.0 Å². The first-order valence-corrected chi connectivity index (χ1v) is 9.63. The average Bonchev–Trinajstić information content (AvgIpc) is 2.64. The molecule has 1 N–H and O–H groups in total. The van der Waals surface area contributed by atoms with E-state index in [1.165, 1.54) is 17.0 Å². The lowest BCUT2D eigenvalue weighted by atomic mass is 9.95. The second-order valence-electron chi connectivity index (χ2n) is 7.27. The van der Waals surface area contributed by atoms with Crippen molar-refractivity contribution < 1.29 is 18.9 Å². The fourth-order valence-corrected chi connectivity index (χ4v) is 4.09. The van der Waals surface area contributed by atoms with Crippen molar-refractivity contribution in [2.24, 2.45) is 5.92 Å². The van der Waals surface area contributed by atoms with Gasteiger partial charge < -0.3 is 14.7 Å². The first-order chi connectivity index (χ1) is 12.4. The number of benzene rings is 1. The van der Waals surface area contributed by atoms with E-state index in [4.69, 9.17) is 11.6 Å². The minimum Gasteiger partial charge on any atom is -0.343 e. The molecule has 0 spiro atoms. The molecule has 2 aliphatic heterocycles. The van der Waals surface area contributed by atoms with E-state index in [-0.39, 0.29) is 23.5 Å². The van der Waals surface area contributed by atoms with E-state index in [0.717, 1.165) is 51.1 Å². The second-order valence-corrected chi connectivity index (χ2v) is 7.68. The van der Waals surface area contributed by atoms with Crippen LogP contribution in [-0.4, -0.2) is 60.9 Å². The van der Waals surface area contributed by atoms with Gasteiger partial charge in [0.25, 0.3) is 0 Å². The number of amides is 2. The van der Waals surface area contributed by atoms with Gasteiger partial charge in [-0.2, -0.15) is 0 Å². The van der Waals surface area contributed by atoms with Crippen LogP contribution in [0.25, 0.3) is 0 Å². The first-order valence-electron chi connectivity index (χ1n) is 9.26. The van der Waals surface area contributed by atoms with Gasteiger partial charge in [0.05, 0.1) is 31.2 Å². The Morgan fingerprint density at radius 2 is 1.81 bits per heavy atom. The molecule has 1 aromatic carbocycles. The van der Waals surface area contributed by atoms with Gasteiger partial charge in [0.2, 0.25) is 11.8 Å². The number of quaternary nitrogens is 1. The minimum atomic E-state index is -0.319. The Morgan fingerprint density at radius 1 is 1.15 bits per heavy atom. The molecule has 2 aliphatic rings. The molecule has 0 unspecified atom stereocenters. The third kappa shape index (κ3) is 4.54. The Morgan fingerprint density at radius 3 is 2.38 bits per heavy atom. The molecule has 2 fully saturated rings. The van der Waals surface area contributed by atoms with Gasteiger partial charge in [0.15, 0.2) is 0 Å². The molecule has 0 radical (unpaired) electrons. The fourth-order valence-electron chi connectivity index (χ4n) is 3.85. The van der Waals surface area contributed by atoms with Crippen LogP contribution < -0.4 is 4.90 Å². The Labute approximate surface area is 158 Å². The quantitative estimate of drug-likeness (QED) is 0.846. The number of rotatable bonds is 3. The summed E-state index contributed by atoms with van der Waals surface area (Å²) in [5.41, 5.74) is 0.944. The van der Waals surface area contributed by atoms with Crippen LogP contribution in [0.3, 0.4) is 0 Å². The molecule has 2 saturated heterocycles. The summed E-state index contributed by atoms with van der Waals surface area (Å²) in [5, 5.41) is 0.466. The summed E-state index contributed by atoms with van der Waals surface area (Å²) in [4.78, 5) is 29.3. The van der Waals surface area contributed by atoms with Crippen LogP contribution in [-0.2, 0) is 16.1 Å². The zero-order valence-electron chi connectivity index (χ0n) is 15.1. The minimum absolute atomic E-state index is 0.0405. The number of nitrogens with one attached hydrogen (secondary N) is 1. The van der Waals surface area contributed by atoms with Crippen LogP contribution in [0, 0.1) is 11.7 Å². The van der Waals surface area contributed by atoms with E-state index >= 15 is 0 Å². The van der Waals surface area contributed by atoms with Crippen LogP contribution in [0.15, 0.2) is 18.2 Å². The highest BCUT2D eigenvalue weighted by Crippen LogP contribution is 2.20. The maximum absolute atomic E-state index is 13.2. The molecule has 0 bridgehead atoms. The van der Waals surface area contributed by atoms with E-state index in [1.807, 2.05) is 9.80 Å². The monoisotopic (exact) mass is 382 g/mol. The SMILES string of the molecule is CC(=O)N1CCC(C(=O)N2CC[NH+](Cc3ccc(F)cc3Cl)CC2)CC1. The molecular weight excluding hydrogens is 357 g/mol. The van der Waals surface area contributed by atoms with E-state index in [1.54, 1.807) is 13.0 Å². The molecule has 0 atom stereocenters. The van der Waals surface area contributed by atoms with Crippen molar-refractivity contribution in [2.45, 2.75) is 26.3 Å². The highest BCUT2D eigenvalue weighted by molar-refractivity contribution is 6.31. The van der Waals surface area contributed by atoms with Crippen LogP contribution in [0.4, 0.5) is 4.39 Å². The van der Waals surface area contributed by atoms with Gasteiger partial charge in [-0.1, -0.05) is 11.6 Å². The predicted molar refractivity (Wildman–Crippen MR) is 97.4 cm³/mol. The highest BCUT2D eigenvalue weighted by Gasteiger charge is 2.32. The van der Waals surface area contributed by atoms with Gasteiger partial charge in [-0.15, -0.1) is 0 Å². The van der Waals surface area contributed by atoms with Crippen LogP contribution >= 0.6 is 11.6 Å². The van der Waals surface area contributed by atoms with E-state index < -0.39 is 0 Å². The Hall–Kier alpha value is -1.66. The summed E-state index contributed by atoms with van der Waals surface area (Å²) in [7, 11) is 0. The second kappa shape index (κ2) is 8.35. The molecule has 3 rings (SSSR count). The topological polar surface area (TPSA) is 45.1 Å². The zero-order chi connectivity index (χ0) is 18.7. The third-order valence-corrected chi connectivity index (χ3v) is 5.88. The molecule has 7 heteroatoms. The summed E-state index contributed by atoms with van der Waals surface area (Å²) in [6.45, 7) is 6.90. The first kappa shape index (κ1) is 19.1. The van der Waals surface area contributed by atoms with Gasteiger partial charge in [0.1, 0.15) is 12.4 Å². The summed E-state index contributed by atoms with van der Waals surface area (Å²) in [5.74, 6) is 0.0401. The van der Waals surface area contributed by atoms with Crippen molar-refractivity contribution in [2.75, 3.05) is 39.3 Å². The van der Waals surface area contributed by atoms with Crippen LogP contribution in [0.1, 0.15) is 25.3 Å². The van der Waals surface area contributed by atoms with Crippen molar-refractivity contribution in [3.8, 4) is 0 Å². The van der Waals surface area contributed by atoms with Crippen molar-refractivity contribution >= 4 is 23.4 Å². The smallest absolute Gasteiger partial charge is 0.226 e. The van der Waals surface area contributed by atoms with Gasteiger partial charge >= 0.3 is 0 Å². The predicted octanol–water partition coefficient (Wildman–Crippen LogP) is 0.965. The van der Waals surface area contributed by atoms with E-state index in [0.29, 0.717) is 18.1 Å². The Bertz CT molecular complexity index is 669. The number of hydrogen-bond donors (Lipinski definition) is 1. The number of halogens is 2. The Balaban J connectivity index is 1.47. The molecular formula is C19H26ClFN3O2+. The van der Waals surface area contributed by atoms with Gasteiger partial charge in [-0.25, -0.2) is 4.39 Å². The Kier molecular flexibility index (Phi) is 6.14. The molecule has 26 heavy (non-hydrogen) atoms. The summed E-state index contributed by atoms with van der Waals surface area (Å²) >= 11 is 6.12. The lowest BCUT2D eigenvalue weighted by molar-refractivity contribution is -0.917. The van der Waals surface area contributed by atoms with Crippen molar-refractivity contribution in [1.29, 1.82) is 0 Å². The maximum Gasteiger partial charge on any atom is 0.226 e. The zero-order valence-corrected chi connectivity index (χ0v) is 15.9. The van der Waals surface area contributed by atoms with E-state index in [9.17, 15) is 14.0 Å². The van der Waals surface area contributed by atoms with Crippen molar-refractivity contribution in [1.82, 2.24) is 9.80 Å². The third-order valence-electron chi connectivity index (χ3n) is 5.53. The van der Waals surface area contributed by atoms with Gasteiger partial charge in [-0.3, -0.25) is 9.59 Å². The largest absolute Gasteiger partial charge is 0.343 e. The molecule has 0 aromatic heterocycles. The summed E-state index contributed by atoms with van der Waals surface area (Å²) < 4.78 is 13.2. The highest BCUT2D eigenvalue weighted by atomic mass is 35.5. The van der Waals surface area contributed by atoms with Crippen LogP contribution in [0.5, 0.6) is 0 Å². The molecule has 1 aromatic rings. The lowest BCUT2D eigenvalue weighted by Crippen LogP contribution is -3.13. The van der Waals surface area contributed by atoms with Crippen molar-refractivity contribution in [3.05, 3.63) is 34.6 Å². The number of likely N-dealkylation sites (tertiary alicyclic amines) is 1. The van der Waals surface area contributed by atoms with E-state index in [2.05, 4.69) is 0 Å². The lowest BCUT2D eigenvalue weighted by Gasteiger charge is -2.37. The summed E-state index contributed by atoms with van der Waals surface area (Å²) in [6, 6.07) is 4.53. The number of carbonyl (C=O) groups is 2. The number of piperidine rings is 1. The summed E-state index contributed by atoms with van der Waals surface area (Å²) in [6.07, 6.45) is 1.52.